The molecule has 0 aromatic rings. The molecular formula is C17H14N2O8. The number of nitrogens with zero attached hydrogens (tertiary/aromatic N) is 2. The molecule has 10 nitrogen and oxygen atoms in total. The van der Waals surface area contributed by atoms with Crippen LogP contribution in [0.5, 0.6) is 0 Å². The second-order valence-electron chi connectivity index (χ2n) is 5.50. The molecule has 0 N–H and O–H groups in total. The number of allylic oxidation sites excluding steroid dienone is 2. The van der Waals surface area contributed by atoms with Crippen molar-refractivity contribution in [3.8, 4) is 12.3 Å². The summed E-state index contributed by atoms with van der Waals surface area (Å²) in [6.45, 7) is 1.30. The molecule has 0 aromatic heterocycles. The number of imide groups is 2. The van der Waals surface area contributed by atoms with E-state index >= 15 is 0 Å². The Kier molecular flexibility index (Phi) is 5.87. The lowest BCUT2D eigenvalue weighted by molar-refractivity contribution is -0.194. The Morgan fingerprint density at radius 1 is 0.852 bits per heavy atom. The first-order valence-corrected chi connectivity index (χ1v) is 7.76. The Bertz CT molecular complexity index is 813. The van der Waals surface area contributed by atoms with Gasteiger partial charge in [0.25, 0.3) is 23.6 Å². The summed E-state index contributed by atoms with van der Waals surface area (Å²) in [5, 5.41) is 0.716. The third-order valence-corrected chi connectivity index (χ3v) is 3.56. The lowest BCUT2D eigenvalue weighted by Gasteiger charge is -2.12. The van der Waals surface area contributed by atoms with Gasteiger partial charge in [-0.15, -0.1) is 16.5 Å². The molecule has 0 radical (unpaired) electrons. The first-order chi connectivity index (χ1) is 12.7. The van der Waals surface area contributed by atoms with Crippen molar-refractivity contribution < 1.29 is 38.4 Å². The molecule has 2 saturated heterocycles. The van der Waals surface area contributed by atoms with Crippen LogP contribution in [0.4, 0.5) is 0 Å². The first kappa shape index (κ1) is 19.6. The van der Waals surface area contributed by atoms with Gasteiger partial charge in [-0.3, -0.25) is 19.2 Å². The fourth-order valence-corrected chi connectivity index (χ4v) is 2.05. The normalized spacial score (nSPS) is 18.1. The van der Waals surface area contributed by atoms with E-state index in [4.69, 9.17) is 11.3 Å². The van der Waals surface area contributed by atoms with Crippen molar-refractivity contribution in [2.45, 2.75) is 32.6 Å². The van der Waals surface area contributed by atoms with Crippen molar-refractivity contribution in [2.24, 2.45) is 0 Å². The number of carbonyl (C=O) groups is 6. The molecule has 0 saturated carbocycles. The first-order valence-electron chi connectivity index (χ1n) is 7.76. The summed E-state index contributed by atoms with van der Waals surface area (Å²) in [5.41, 5.74) is -0.445. The molecule has 140 valence electrons. The van der Waals surface area contributed by atoms with E-state index in [0.29, 0.717) is 10.1 Å². The van der Waals surface area contributed by atoms with Crippen molar-refractivity contribution in [1.29, 1.82) is 0 Å². The fourth-order valence-electron chi connectivity index (χ4n) is 2.05. The molecule has 0 aliphatic carbocycles. The standard InChI is InChI=1S/C17H14N2O8/c1-3-11(17(25)27-19-14(22)8-9-15(19)23)5-4-10(2)16(24)26-18-12(20)6-7-13(18)21/h1,4-5H,6-9H2,2H3/b10-4+,11-5+. The third kappa shape index (κ3) is 4.46. The summed E-state index contributed by atoms with van der Waals surface area (Å²) in [6.07, 6.45) is 7.11. The molecule has 0 unspecified atom stereocenters. The predicted octanol–water partition coefficient (Wildman–Crippen LogP) is -0.293. The highest BCUT2D eigenvalue weighted by Gasteiger charge is 2.34. The van der Waals surface area contributed by atoms with E-state index in [1.165, 1.54) is 6.92 Å². The van der Waals surface area contributed by atoms with E-state index in [0.717, 1.165) is 12.2 Å². The van der Waals surface area contributed by atoms with Gasteiger partial charge in [0.15, 0.2) is 0 Å². The van der Waals surface area contributed by atoms with Gasteiger partial charge in [-0.1, -0.05) is 12.0 Å². The molecule has 2 aliphatic heterocycles. The minimum atomic E-state index is -1.14. The van der Waals surface area contributed by atoms with Gasteiger partial charge in [0, 0.05) is 31.3 Å². The number of hydrogen-bond donors (Lipinski definition) is 0. The lowest BCUT2D eigenvalue weighted by atomic mass is 10.2. The molecule has 0 spiro atoms. The molecule has 2 fully saturated rings. The van der Waals surface area contributed by atoms with Crippen molar-refractivity contribution in [3.05, 3.63) is 23.3 Å². The van der Waals surface area contributed by atoms with Gasteiger partial charge in [0.1, 0.15) is 5.57 Å². The molecule has 4 amide bonds. The second-order valence-corrected chi connectivity index (χ2v) is 5.50. The molecule has 27 heavy (non-hydrogen) atoms. The van der Waals surface area contributed by atoms with Crippen molar-refractivity contribution >= 4 is 35.6 Å². The third-order valence-electron chi connectivity index (χ3n) is 3.56. The number of amides is 4. The van der Waals surface area contributed by atoms with Gasteiger partial charge in [0.05, 0.1) is 0 Å². The Labute approximate surface area is 153 Å². The predicted molar refractivity (Wildman–Crippen MR) is 85.0 cm³/mol. The zero-order chi connectivity index (χ0) is 20.1. The zero-order valence-electron chi connectivity index (χ0n) is 14.2. The van der Waals surface area contributed by atoms with Gasteiger partial charge in [-0.2, -0.15) is 0 Å². The highest BCUT2D eigenvalue weighted by atomic mass is 16.7. The van der Waals surface area contributed by atoms with E-state index in [9.17, 15) is 28.8 Å². The summed E-state index contributed by atoms with van der Waals surface area (Å²) in [7, 11) is 0. The van der Waals surface area contributed by atoms with Gasteiger partial charge in [0.2, 0.25) is 0 Å². The van der Waals surface area contributed by atoms with Crippen LogP contribution in [0.25, 0.3) is 0 Å². The van der Waals surface area contributed by atoms with E-state index in [1.807, 2.05) is 5.92 Å². The molecule has 2 aliphatic rings. The van der Waals surface area contributed by atoms with E-state index in [2.05, 4.69) is 4.84 Å². The Morgan fingerprint density at radius 3 is 1.67 bits per heavy atom. The van der Waals surface area contributed by atoms with Crippen LogP contribution in [0.2, 0.25) is 0 Å². The number of hydrogen-bond acceptors (Lipinski definition) is 8. The average molecular weight is 374 g/mol. The summed E-state index contributed by atoms with van der Waals surface area (Å²) >= 11 is 0. The summed E-state index contributed by atoms with van der Waals surface area (Å²) in [6, 6.07) is 0. The SMILES string of the molecule is C#C/C(=C\C=C(/C)C(=O)ON1C(=O)CCC1=O)C(=O)ON1C(=O)CCC1=O. The van der Waals surface area contributed by atoms with E-state index in [1.54, 1.807) is 0 Å². The average Bonchev–Trinajstić information content (AvgIpc) is 3.12. The monoisotopic (exact) mass is 374 g/mol. The molecule has 10 heteroatoms. The minimum Gasteiger partial charge on any atom is -0.325 e. The highest BCUT2D eigenvalue weighted by Crippen LogP contribution is 2.15. The van der Waals surface area contributed by atoms with Gasteiger partial charge < -0.3 is 9.68 Å². The maximum Gasteiger partial charge on any atom is 0.372 e. The highest BCUT2D eigenvalue weighted by molar-refractivity contribution is 6.04. The largest absolute Gasteiger partial charge is 0.372 e. The van der Waals surface area contributed by atoms with E-state index < -0.39 is 35.6 Å². The maximum atomic E-state index is 11.9. The second kappa shape index (κ2) is 8.09. The fraction of sp³-hybridized carbons (Fsp3) is 0.294. The van der Waals surface area contributed by atoms with Crippen LogP contribution in [0.3, 0.4) is 0 Å². The van der Waals surface area contributed by atoms with E-state index in [-0.39, 0.29) is 36.8 Å². The van der Waals surface area contributed by atoms with Crippen LogP contribution < -0.4 is 0 Å². The molecular weight excluding hydrogens is 360 g/mol. The number of terminal acetylenes is 1. The topological polar surface area (TPSA) is 127 Å². The van der Waals surface area contributed by atoms with Crippen LogP contribution in [0, 0.1) is 12.3 Å². The molecule has 0 bridgehead atoms. The van der Waals surface area contributed by atoms with Crippen molar-refractivity contribution in [3.63, 3.8) is 0 Å². The lowest BCUT2D eigenvalue weighted by Crippen LogP contribution is -2.32. The van der Waals surface area contributed by atoms with Crippen LogP contribution >= 0.6 is 0 Å². The minimum absolute atomic E-state index is 0.0458. The zero-order valence-corrected chi connectivity index (χ0v) is 14.2. The number of rotatable bonds is 5. The molecule has 0 atom stereocenters. The molecule has 2 heterocycles. The van der Waals surface area contributed by atoms with Crippen LogP contribution in [-0.2, 0) is 38.4 Å². The quantitative estimate of drug-likeness (QED) is 0.278. The Morgan fingerprint density at radius 2 is 1.26 bits per heavy atom. The number of carbonyl (C=O) groups excluding carboxylic acids is 6. The summed E-state index contributed by atoms with van der Waals surface area (Å²) < 4.78 is 0. The van der Waals surface area contributed by atoms with Gasteiger partial charge in [-0.25, -0.2) is 9.59 Å². The summed E-state index contributed by atoms with van der Waals surface area (Å²) in [5.74, 6) is -2.73. The van der Waals surface area contributed by atoms with Gasteiger partial charge >= 0.3 is 11.9 Å². The number of hydroxylamine groups is 4. The maximum absolute atomic E-state index is 11.9. The van der Waals surface area contributed by atoms with Gasteiger partial charge in [-0.05, 0) is 13.0 Å². The Hall–Kier alpha value is -3.74. The van der Waals surface area contributed by atoms with Crippen LogP contribution in [0.1, 0.15) is 32.6 Å². The molecule has 0 aromatic carbocycles. The smallest absolute Gasteiger partial charge is 0.325 e. The molecule has 2 rings (SSSR count). The van der Waals surface area contributed by atoms with Crippen LogP contribution in [0.15, 0.2) is 23.3 Å². The van der Waals surface area contributed by atoms with Crippen molar-refractivity contribution in [2.75, 3.05) is 0 Å². The van der Waals surface area contributed by atoms with Crippen molar-refractivity contribution in [1.82, 2.24) is 10.1 Å². The van der Waals surface area contributed by atoms with Crippen LogP contribution in [-0.4, -0.2) is 45.7 Å². The Balaban J connectivity index is 2.04. The summed E-state index contributed by atoms with van der Waals surface area (Å²) in [4.78, 5) is 78.9.